The molecule has 2 atom stereocenters. The molecule has 0 heterocycles. The van der Waals surface area contributed by atoms with E-state index < -0.39 is 76.4 Å². The molecule has 0 saturated carbocycles. The number of carbonyl (C=O) groups is 10. The Morgan fingerprint density at radius 3 is 1.60 bits per heavy atom. The van der Waals surface area contributed by atoms with Gasteiger partial charge in [0.1, 0.15) is 25.0 Å². The zero-order chi connectivity index (χ0) is 59.9. The van der Waals surface area contributed by atoms with Crippen LogP contribution in [0.25, 0.3) is 0 Å². The van der Waals surface area contributed by atoms with Gasteiger partial charge < -0.3 is 50.2 Å². The van der Waals surface area contributed by atoms with Gasteiger partial charge in [-0.3, -0.25) is 47.9 Å². The topological polar surface area (TPSA) is 351 Å². The number of carboxylic acids is 3. The van der Waals surface area contributed by atoms with Crippen molar-refractivity contribution < 1.29 is 90.6 Å². The minimum atomic E-state index is -3.88. The summed E-state index contributed by atoms with van der Waals surface area (Å²) in [6, 6.07) is 5.90. The van der Waals surface area contributed by atoms with Gasteiger partial charge in [-0.2, -0.15) is 0 Å². The van der Waals surface area contributed by atoms with Crippen LogP contribution in [0.15, 0.2) is 24.3 Å². The zero-order valence-electron chi connectivity index (χ0n) is 47.6. The Labute approximate surface area is 477 Å². The predicted molar refractivity (Wildman–Crippen MR) is 300 cm³/mol. The maximum atomic E-state index is 12.6. The summed E-state index contributed by atoms with van der Waals surface area (Å²) in [5.74, 6) is -7.92. The average molecular weight is 1170 g/mol. The Morgan fingerprint density at radius 1 is 0.469 bits per heavy atom. The Bertz CT molecular complexity index is 2140. The molecule has 0 fully saturated rings. The maximum Gasteiger partial charge on any atom is 0.326 e. The molecule has 0 bridgehead atoms. The Balaban J connectivity index is 2.08. The Morgan fingerprint density at radius 2 is 1.01 bits per heavy atom. The van der Waals surface area contributed by atoms with Crippen LogP contribution in [0.3, 0.4) is 0 Å². The summed E-state index contributed by atoms with van der Waals surface area (Å²) in [5, 5.41) is 35.5. The normalized spacial score (nSPS) is 12.0. The van der Waals surface area contributed by atoms with E-state index in [1.54, 1.807) is 12.1 Å². The number of unbranched alkanes of at least 4 members (excludes halogenated alkanes) is 13. The summed E-state index contributed by atoms with van der Waals surface area (Å²) >= 11 is 0. The van der Waals surface area contributed by atoms with E-state index in [4.69, 9.17) is 24.1 Å². The van der Waals surface area contributed by atoms with Crippen LogP contribution in [-0.2, 0) is 72.1 Å². The van der Waals surface area contributed by atoms with E-state index in [1.165, 1.54) is 25.7 Å². The molecule has 0 aliphatic rings. The number of Topliss-reactive ketones (excluding diaryl/α,β-unsaturated/α-hetero) is 3. The lowest BCUT2D eigenvalue weighted by Gasteiger charge is -2.16. The van der Waals surface area contributed by atoms with Crippen LogP contribution < -0.4 is 20.7 Å². The highest BCUT2D eigenvalue weighted by molar-refractivity contribution is 7.90. The van der Waals surface area contributed by atoms with Crippen molar-refractivity contribution in [2.75, 3.05) is 71.7 Å². The van der Waals surface area contributed by atoms with Gasteiger partial charge in [0, 0.05) is 76.6 Å². The van der Waals surface area contributed by atoms with E-state index in [-0.39, 0.29) is 134 Å². The minimum Gasteiger partial charge on any atom is -0.481 e. The van der Waals surface area contributed by atoms with Gasteiger partial charge in [-0.15, -0.1) is 0 Å². The number of sulfonamides is 1. The largest absolute Gasteiger partial charge is 0.481 e. The Hall–Kier alpha value is -5.69. The number of ketones is 3. The molecule has 7 N–H and O–H groups in total. The highest BCUT2D eigenvalue weighted by atomic mass is 32.2. The van der Waals surface area contributed by atoms with Crippen LogP contribution in [0.2, 0.25) is 0 Å². The van der Waals surface area contributed by atoms with Gasteiger partial charge in [-0.05, 0) is 51.9 Å². The molecule has 0 radical (unpaired) electrons. The first kappa shape index (κ1) is 73.3. The lowest BCUT2D eigenvalue weighted by atomic mass is 9.97. The molecule has 0 aliphatic carbocycles. The van der Waals surface area contributed by atoms with Crippen molar-refractivity contribution in [1.29, 1.82) is 0 Å². The number of carbonyl (C=O) groups excluding carboxylic acids is 7. The van der Waals surface area contributed by atoms with Crippen LogP contribution >= 0.6 is 0 Å². The standard InChI is InChI=1S/C57H92N4O19S/c1-44-24-26-45(27-25-44)50(64)20-16-32-58-54(68)43-80-39-36-77-34-17-19-47(62)29-30-49(57(73)74)60-52(66)31-28-46(56(71)72)41-48(63)42-79-38-37-78-35-33-59-51(65)22-18-40-81(75,76)61-53(67)21-14-12-10-8-6-4-2-3-5-7-9-11-13-15-23-55(69)70/h24-27,46,49H,2-23,28-43H2,1H3,(H,58,68)(H,59,65)(H,60,66)(H,61,67)(H,69,70)(H,71,72)(H,73,74)/t46-,49?/m1/s1. The molecule has 0 aliphatic heterocycles. The van der Waals surface area contributed by atoms with Gasteiger partial charge >= 0.3 is 17.9 Å². The summed E-state index contributed by atoms with van der Waals surface area (Å²) in [6.07, 6.45) is 14.6. The van der Waals surface area contributed by atoms with Crippen LogP contribution in [0.5, 0.6) is 0 Å². The van der Waals surface area contributed by atoms with E-state index in [1.807, 2.05) is 19.1 Å². The van der Waals surface area contributed by atoms with Crippen molar-refractivity contribution >= 4 is 68.9 Å². The summed E-state index contributed by atoms with van der Waals surface area (Å²) in [7, 11) is -3.88. The zero-order valence-corrected chi connectivity index (χ0v) is 48.4. The fourth-order valence-corrected chi connectivity index (χ4v) is 9.29. The van der Waals surface area contributed by atoms with Gasteiger partial charge in [0.25, 0.3) is 0 Å². The number of amides is 4. The number of hydrogen-bond donors (Lipinski definition) is 7. The van der Waals surface area contributed by atoms with Gasteiger partial charge in [0.05, 0.1) is 44.7 Å². The second-order valence-electron chi connectivity index (χ2n) is 20.2. The van der Waals surface area contributed by atoms with Crippen molar-refractivity contribution in [3.05, 3.63) is 35.4 Å². The molecule has 4 amide bonds. The number of benzene rings is 1. The number of aliphatic carboxylic acids is 3. The van der Waals surface area contributed by atoms with Crippen molar-refractivity contribution in [2.45, 2.75) is 186 Å². The molecular weight excluding hydrogens is 1080 g/mol. The third kappa shape index (κ3) is 43.7. The number of aryl methyl sites for hydroxylation is 1. The van der Waals surface area contributed by atoms with Gasteiger partial charge in [0.15, 0.2) is 11.6 Å². The summed E-state index contributed by atoms with van der Waals surface area (Å²) in [4.78, 5) is 120. The van der Waals surface area contributed by atoms with E-state index in [0.717, 1.165) is 63.4 Å². The van der Waals surface area contributed by atoms with E-state index in [0.29, 0.717) is 37.8 Å². The molecule has 24 heteroatoms. The first-order valence-corrected chi connectivity index (χ1v) is 30.4. The second-order valence-corrected chi connectivity index (χ2v) is 22.0. The number of hydrogen-bond acceptors (Lipinski definition) is 16. The monoisotopic (exact) mass is 1170 g/mol. The van der Waals surface area contributed by atoms with Crippen LogP contribution in [-0.4, -0.2) is 160 Å². The fourth-order valence-electron chi connectivity index (χ4n) is 8.21. The summed E-state index contributed by atoms with van der Waals surface area (Å²) in [6.45, 7) is 2.41. The molecule has 0 saturated heterocycles. The van der Waals surface area contributed by atoms with Crippen LogP contribution in [0, 0.1) is 12.8 Å². The number of carboxylic acid groups (broad SMARTS) is 3. The van der Waals surface area contributed by atoms with Gasteiger partial charge in [-0.25, -0.2) is 13.2 Å². The van der Waals surface area contributed by atoms with E-state index in [9.17, 15) is 66.6 Å². The lowest BCUT2D eigenvalue weighted by Crippen LogP contribution is -2.41. The SMILES string of the molecule is Cc1ccc(C(=O)CCCNC(=O)COCCOCCCC(=O)CCC(NC(=O)CC[C@H](CC(=O)COCCOCCNC(=O)CCCS(=O)(=O)NC(=O)CCCCCCCCCCCCCCCCC(=O)O)C(=O)O)C(=O)O)cc1. The van der Waals surface area contributed by atoms with E-state index in [2.05, 4.69) is 20.7 Å². The second kappa shape index (κ2) is 46.9. The average Bonchev–Trinajstić information content (AvgIpc) is 3.40. The number of ether oxygens (including phenoxy) is 4. The Kier molecular flexibility index (Phi) is 42.4. The van der Waals surface area contributed by atoms with Crippen LogP contribution in [0.1, 0.15) is 189 Å². The first-order chi connectivity index (χ1) is 38.8. The molecule has 23 nitrogen and oxygen atoms in total. The predicted octanol–water partition coefficient (Wildman–Crippen LogP) is 5.95. The molecular formula is C57H92N4O19S. The lowest BCUT2D eigenvalue weighted by molar-refractivity contribution is -0.145. The fraction of sp³-hybridized carbons (Fsp3) is 0.719. The summed E-state index contributed by atoms with van der Waals surface area (Å²) in [5.41, 5.74) is 1.69. The number of rotatable bonds is 55. The molecule has 1 aromatic rings. The third-order valence-electron chi connectivity index (χ3n) is 12.8. The third-order valence-corrected chi connectivity index (χ3v) is 14.2. The van der Waals surface area contributed by atoms with E-state index >= 15 is 0 Å². The van der Waals surface area contributed by atoms with Crippen molar-refractivity contribution in [1.82, 2.24) is 20.7 Å². The minimum absolute atomic E-state index is 0.00401. The quantitative estimate of drug-likeness (QED) is 0.0293. The molecule has 0 spiro atoms. The molecule has 0 aromatic heterocycles. The number of nitrogens with one attached hydrogen (secondary N) is 4. The smallest absolute Gasteiger partial charge is 0.326 e. The highest BCUT2D eigenvalue weighted by Gasteiger charge is 2.25. The summed E-state index contributed by atoms with van der Waals surface area (Å²) < 4.78 is 48.1. The van der Waals surface area contributed by atoms with Crippen LogP contribution in [0.4, 0.5) is 0 Å². The van der Waals surface area contributed by atoms with Gasteiger partial charge in [-0.1, -0.05) is 107 Å². The molecule has 1 rings (SSSR count). The van der Waals surface area contributed by atoms with Crippen molar-refractivity contribution in [3.8, 4) is 0 Å². The molecule has 81 heavy (non-hydrogen) atoms. The van der Waals surface area contributed by atoms with Gasteiger partial charge in [0.2, 0.25) is 33.7 Å². The maximum absolute atomic E-state index is 12.6. The first-order valence-electron chi connectivity index (χ1n) is 28.8. The highest BCUT2D eigenvalue weighted by Crippen LogP contribution is 2.16. The van der Waals surface area contributed by atoms with Crippen molar-refractivity contribution in [3.63, 3.8) is 0 Å². The molecule has 1 unspecified atom stereocenters. The van der Waals surface area contributed by atoms with Crippen molar-refractivity contribution in [2.24, 2.45) is 5.92 Å². The molecule has 1 aromatic carbocycles. The molecule has 460 valence electrons.